The third-order valence-corrected chi connectivity index (χ3v) is 3.10. The maximum atomic E-state index is 13.4. The molecule has 0 amide bonds. The quantitative estimate of drug-likeness (QED) is 0.783. The Balaban J connectivity index is 2.37. The van der Waals surface area contributed by atoms with Gasteiger partial charge in [-0.15, -0.1) is 0 Å². The van der Waals surface area contributed by atoms with Crippen molar-refractivity contribution < 1.29 is 9.13 Å². The molecule has 3 aromatic rings. The SMILES string of the molecule is COc1ncnc2c1nc(N)n2-c1cc(F)ccc1Cl. The van der Waals surface area contributed by atoms with E-state index in [-0.39, 0.29) is 11.8 Å². The largest absolute Gasteiger partial charge is 0.479 e. The van der Waals surface area contributed by atoms with E-state index >= 15 is 0 Å². The molecule has 0 fully saturated rings. The number of hydrogen-bond acceptors (Lipinski definition) is 5. The topological polar surface area (TPSA) is 78.8 Å². The van der Waals surface area contributed by atoms with Gasteiger partial charge < -0.3 is 10.5 Å². The van der Waals surface area contributed by atoms with Gasteiger partial charge in [0, 0.05) is 0 Å². The van der Waals surface area contributed by atoms with Gasteiger partial charge in [-0.05, 0) is 18.2 Å². The van der Waals surface area contributed by atoms with Gasteiger partial charge in [-0.2, -0.15) is 4.98 Å². The number of benzene rings is 1. The Kier molecular flexibility index (Phi) is 2.90. The van der Waals surface area contributed by atoms with Gasteiger partial charge in [0.15, 0.2) is 11.2 Å². The van der Waals surface area contributed by atoms with Crippen LogP contribution in [0.1, 0.15) is 0 Å². The van der Waals surface area contributed by atoms with Crippen LogP contribution in [0.4, 0.5) is 10.3 Å². The molecular weight excluding hydrogens is 285 g/mol. The number of ether oxygens (including phenoxy) is 1. The Hall–Kier alpha value is -2.41. The number of halogens is 2. The molecule has 2 aromatic heterocycles. The van der Waals surface area contributed by atoms with Crippen LogP contribution < -0.4 is 10.5 Å². The van der Waals surface area contributed by atoms with Crippen LogP contribution in [0.15, 0.2) is 24.5 Å². The summed E-state index contributed by atoms with van der Waals surface area (Å²) in [6.07, 6.45) is 1.31. The zero-order valence-corrected chi connectivity index (χ0v) is 11.1. The van der Waals surface area contributed by atoms with Crippen LogP contribution in [-0.4, -0.2) is 26.6 Å². The molecule has 1 aromatic carbocycles. The molecule has 0 aliphatic carbocycles. The predicted octanol–water partition coefficient (Wildman–Crippen LogP) is 2.20. The van der Waals surface area contributed by atoms with E-state index in [2.05, 4.69) is 15.0 Å². The van der Waals surface area contributed by atoms with Crippen molar-refractivity contribution in [2.24, 2.45) is 0 Å². The van der Waals surface area contributed by atoms with Crippen molar-refractivity contribution in [2.45, 2.75) is 0 Å². The number of fused-ring (bicyclic) bond motifs is 1. The Morgan fingerprint density at radius 2 is 2.15 bits per heavy atom. The molecule has 8 heteroatoms. The first kappa shape index (κ1) is 12.6. The molecule has 0 atom stereocenters. The van der Waals surface area contributed by atoms with Crippen LogP contribution >= 0.6 is 11.6 Å². The first-order valence-electron chi connectivity index (χ1n) is 5.60. The van der Waals surface area contributed by atoms with Crippen LogP contribution in [0.3, 0.4) is 0 Å². The number of anilines is 1. The number of nitrogen functional groups attached to an aromatic ring is 1. The average molecular weight is 294 g/mol. The van der Waals surface area contributed by atoms with Crippen LogP contribution in [0.25, 0.3) is 16.9 Å². The Morgan fingerprint density at radius 1 is 1.35 bits per heavy atom. The summed E-state index contributed by atoms with van der Waals surface area (Å²) < 4.78 is 20.0. The van der Waals surface area contributed by atoms with Crippen molar-refractivity contribution >= 4 is 28.7 Å². The first-order valence-corrected chi connectivity index (χ1v) is 5.98. The number of nitrogens with zero attached hydrogens (tertiary/aromatic N) is 4. The summed E-state index contributed by atoms with van der Waals surface area (Å²) >= 11 is 6.09. The van der Waals surface area contributed by atoms with Gasteiger partial charge in [0.05, 0.1) is 17.8 Å². The molecule has 0 saturated heterocycles. The Bertz CT molecular complexity index is 804. The molecule has 0 aliphatic rings. The molecule has 0 bridgehead atoms. The fraction of sp³-hybridized carbons (Fsp3) is 0.0833. The minimum Gasteiger partial charge on any atom is -0.479 e. The van der Waals surface area contributed by atoms with Gasteiger partial charge in [-0.1, -0.05) is 11.6 Å². The highest BCUT2D eigenvalue weighted by atomic mass is 35.5. The van der Waals surface area contributed by atoms with E-state index in [0.29, 0.717) is 21.9 Å². The fourth-order valence-electron chi connectivity index (χ4n) is 1.93. The van der Waals surface area contributed by atoms with Crippen molar-refractivity contribution in [1.82, 2.24) is 19.5 Å². The summed E-state index contributed by atoms with van der Waals surface area (Å²) in [4.78, 5) is 12.2. The Labute approximate surface area is 118 Å². The van der Waals surface area contributed by atoms with Gasteiger partial charge in [0.2, 0.25) is 11.8 Å². The number of aromatic nitrogens is 4. The maximum absolute atomic E-state index is 13.4. The van der Waals surface area contributed by atoms with Crippen LogP contribution in [0, 0.1) is 5.82 Å². The van der Waals surface area contributed by atoms with E-state index < -0.39 is 5.82 Å². The van der Waals surface area contributed by atoms with E-state index in [1.807, 2.05) is 0 Å². The van der Waals surface area contributed by atoms with Crippen molar-refractivity contribution in [1.29, 1.82) is 0 Å². The third kappa shape index (κ3) is 1.83. The highest BCUT2D eigenvalue weighted by molar-refractivity contribution is 6.32. The summed E-state index contributed by atoms with van der Waals surface area (Å²) in [5.41, 5.74) is 7.00. The zero-order valence-electron chi connectivity index (χ0n) is 10.3. The standard InChI is InChI=1S/C12H9ClFN5O/c1-20-11-9-10(16-5-17-11)19(12(15)18-9)8-4-6(14)2-3-7(8)13/h2-5H,1H3,(H2,15,18). The second-order valence-corrected chi connectivity index (χ2v) is 4.36. The van der Waals surface area contributed by atoms with E-state index in [0.717, 1.165) is 0 Å². The lowest BCUT2D eigenvalue weighted by atomic mass is 10.3. The summed E-state index contributed by atoms with van der Waals surface area (Å²) in [5.74, 6) is -0.0362. The van der Waals surface area contributed by atoms with E-state index in [1.54, 1.807) is 0 Å². The molecule has 6 nitrogen and oxygen atoms in total. The number of hydrogen-bond donors (Lipinski definition) is 1. The number of methoxy groups -OCH3 is 1. The van der Waals surface area contributed by atoms with Gasteiger partial charge >= 0.3 is 0 Å². The molecule has 20 heavy (non-hydrogen) atoms. The summed E-state index contributed by atoms with van der Waals surface area (Å²) in [5, 5.41) is 0.329. The minimum atomic E-state index is -0.438. The molecular formula is C12H9ClFN5O. The van der Waals surface area contributed by atoms with Crippen LogP contribution in [-0.2, 0) is 0 Å². The van der Waals surface area contributed by atoms with Crippen molar-refractivity contribution in [2.75, 3.05) is 12.8 Å². The Morgan fingerprint density at radius 3 is 2.90 bits per heavy atom. The van der Waals surface area contributed by atoms with Gasteiger partial charge in [0.25, 0.3) is 0 Å². The van der Waals surface area contributed by atoms with E-state index in [9.17, 15) is 4.39 Å². The fourth-order valence-corrected chi connectivity index (χ4v) is 2.13. The van der Waals surface area contributed by atoms with Gasteiger partial charge in [-0.25, -0.2) is 14.4 Å². The van der Waals surface area contributed by atoms with Crippen molar-refractivity contribution in [3.8, 4) is 11.6 Å². The minimum absolute atomic E-state index is 0.117. The highest BCUT2D eigenvalue weighted by Gasteiger charge is 2.17. The van der Waals surface area contributed by atoms with E-state index in [4.69, 9.17) is 22.1 Å². The molecule has 2 N–H and O–H groups in total. The molecule has 3 rings (SSSR count). The molecule has 0 aliphatic heterocycles. The molecule has 0 saturated carbocycles. The predicted molar refractivity (Wildman–Crippen MR) is 72.6 cm³/mol. The van der Waals surface area contributed by atoms with Crippen LogP contribution in [0.5, 0.6) is 5.88 Å². The normalized spacial score (nSPS) is 10.9. The lowest BCUT2D eigenvalue weighted by Crippen LogP contribution is -2.02. The third-order valence-electron chi connectivity index (χ3n) is 2.78. The summed E-state index contributed by atoms with van der Waals surface area (Å²) in [7, 11) is 1.46. The highest BCUT2D eigenvalue weighted by Crippen LogP contribution is 2.30. The lowest BCUT2D eigenvalue weighted by molar-refractivity contribution is 0.401. The second-order valence-electron chi connectivity index (χ2n) is 3.96. The maximum Gasteiger partial charge on any atom is 0.245 e. The molecule has 0 radical (unpaired) electrons. The van der Waals surface area contributed by atoms with Gasteiger partial charge in [-0.3, -0.25) is 4.57 Å². The van der Waals surface area contributed by atoms with Crippen LogP contribution in [0.2, 0.25) is 5.02 Å². The van der Waals surface area contributed by atoms with Crippen molar-refractivity contribution in [3.05, 3.63) is 35.4 Å². The van der Waals surface area contributed by atoms with E-state index in [1.165, 1.54) is 36.2 Å². The molecule has 102 valence electrons. The number of rotatable bonds is 2. The summed E-state index contributed by atoms with van der Waals surface area (Å²) in [6.45, 7) is 0. The monoisotopic (exact) mass is 293 g/mol. The molecule has 0 unspecified atom stereocenters. The van der Waals surface area contributed by atoms with Crippen molar-refractivity contribution in [3.63, 3.8) is 0 Å². The van der Waals surface area contributed by atoms with Gasteiger partial charge in [0.1, 0.15) is 12.1 Å². The smallest absolute Gasteiger partial charge is 0.245 e. The lowest BCUT2D eigenvalue weighted by Gasteiger charge is -2.08. The average Bonchev–Trinajstić information content (AvgIpc) is 2.77. The first-order chi connectivity index (χ1) is 9.61. The zero-order chi connectivity index (χ0) is 14.3. The second kappa shape index (κ2) is 4.61. The molecule has 2 heterocycles. The number of nitrogens with two attached hydrogens (primary N) is 1. The molecule has 0 spiro atoms. The number of imidazole rings is 1. The summed E-state index contributed by atoms with van der Waals surface area (Å²) in [6, 6.07) is 3.96.